The van der Waals surface area contributed by atoms with Crippen molar-refractivity contribution in [3.05, 3.63) is 15.6 Å². The molecule has 0 aliphatic carbocycles. The Labute approximate surface area is 108 Å². The van der Waals surface area contributed by atoms with Gasteiger partial charge in [-0.1, -0.05) is 6.92 Å². The number of rotatable bonds is 3. The Morgan fingerprint density at radius 3 is 2.47 bits per heavy atom. The van der Waals surface area contributed by atoms with Crippen LogP contribution in [0.5, 0.6) is 0 Å². The zero-order valence-electron chi connectivity index (χ0n) is 11.5. The Morgan fingerprint density at radius 1 is 1.29 bits per heavy atom. The monoisotopic (exact) mass is 254 g/mol. The first kappa shape index (κ1) is 13.0. The Hall–Kier alpha value is -0.450. The molecule has 2 rings (SSSR count). The minimum atomic E-state index is -0.257. The summed E-state index contributed by atoms with van der Waals surface area (Å²) < 4.78 is 6.07. The van der Waals surface area contributed by atoms with E-state index in [-0.39, 0.29) is 11.2 Å². The van der Waals surface area contributed by atoms with E-state index in [4.69, 9.17) is 9.72 Å². The number of ether oxygens (including phenoxy) is 1. The Kier molecular flexibility index (Phi) is 3.09. The molecule has 96 valence electrons. The standard InChI is InChI=1S/C13H22N2OS/c1-8(7-14-6)11-15-9-10(17-11)13(4,5)16-12(9,2)3/h8,14H,7H2,1-6H3. The first-order valence-electron chi connectivity index (χ1n) is 6.14. The summed E-state index contributed by atoms with van der Waals surface area (Å²) in [5.74, 6) is 0.460. The quantitative estimate of drug-likeness (QED) is 0.900. The van der Waals surface area contributed by atoms with E-state index >= 15 is 0 Å². The molecule has 17 heavy (non-hydrogen) atoms. The molecule has 1 aliphatic heterocycles. The smallest absolute Gasteiger partial charge is 0.107 e. The van der Waals surface area contributed by atoms with Gasteiger partial charge in [-0.3, -0.25) is 0 Å². The topological polar surface area (TPSA) is 34.2 Å². The van der Waals surface area contributed by atoms with Crippen LogP contribution in [0, 0.1) is 0 Å². The molecule has 3 nitrogen and oxygen atoms in total. The van der Waals surface area contributed by atoms with E-state index in [1.165, 1.54) is 9.88 Å². The first-order valence-corrected chi connectivity index (χ1v) is 6.96. The molecular formula is C13H22N2OS. The van der Waals surface area contributed by atoms with Crippen molar-refractivity contribution in [2.24, 2.45) is 0 Å². The minimum Gasteiger partial charge on any atom is -0.358 e. The van der Waals surface area contributed by atoms with Crippen LogP contribution in [-0.4, -0.2) is 18.6 Å². The number of aromatic nitrogens is 1. The predicted octanol–water partition coefficient (Wildman–Crippen LogP) is 2.97. The third-order valence-corrected chi connectivity index (χ3v) is 4.79. The van der Waals surface area contributed by atoms with Gasteiger partial charge in [0.1, 0.15) is 5.60 Å². The number of thiazole rings is 1. The van der Waals surface area contributed by atoms with E-state index in [2.05, 4.69) is 39.9 Å². The van der Waals surface area contributed by atoms with Gasteiger partial charge in [-0.25, -0.2) is 4.98 Å². The summed E-state index contributed by atoms with van der Waals surface area (Å²) in [5, 5.41) is 4.42. The third kappa shape index (κ3) is 2.14. The van der Waals surface area contributed by atoms with Crippen LogP contribution in [0.25, 0.3) is 0 Å². The molecule has 1 atom stereocenters. The lowest BCUT2D eigenvalue weighted by atomic mass is 10.0. The van der Waals surface area contributed by atoms with Gasteiger partial charge >= 0.3 is 0 Å². The maximum absolute atomic E-state index is 6.07. The number of hydrogen-bond donors (Lipinski definition) is 1. The van der Waals surface area contributed by atoms with E-state index < -0.39 is 0 Å². The highest BCUT2D eigenvalue weighted by Crippen LogP contribution is 2.49. The van der Waals surface area contributed by atoms with Gasteiger partial charge in [-0.15, -0.1) is 11.3 Å². The lowest BCUT2D eigenvalue weighted by Crippen LogP contribution is -2.23. The lowest BCUT2D eigenvalue weighted by molar-refractivity contribution is -0.105. The second-order valence-corrected chi connectivity index (χ2v) is 6.84. The van der Waals surface area contributed by atoms with Crippen molar-refractivity contribution in [2.45, 2.75) is 51.7 Å². The first-order chi connectivity index (χ1) is 7.78. The molecular weight excluding hydrogens is 232 g/mol. The highest BCUT2D eigenvalue weighted by atomic mass is 32.1. The summed E-state index contributed by atoms with van der Waals surface area (Å²) in [7, 11) is 1.98. The van der Waals surface area contributed by atoms with Crippen molar-refractivity contribution in [2.75, 3.05) is 13.6 Å². The van der Waals surface area contributed by atoms with E-state index in [0.717, 1.165) is 12.2 Å². The van der Waals surface area contributed by atoms with Gasteiger partial charge in [0.15, 0.2) is 0 Å². The molecule has 1 aromatic heterocycles. The molecule has 1 aliphatic rings. The van der Waals surface area contributed by atoms with Gasteiger partial charge in [-0.05, 0) is 34.7 Å². The van der Waals surface area contributed by atoms with E-state index in [0.29, 0.717) is 5.92 Å². The van der Waals surface area contributed by atoms with Crippen LogP contribution in [-0.2, 0) is 15.9 Å². The van der Waals surface area contributed by atoms with Crippen LogP contribution in [0.1, 0.15) is 56.1 Å². The van der Waals surface area contributed by atoms with Crippen LogP contribution in [0.3, 0.4) is 0 Å². The Morgan fingerprint density at radius 2 is 1.94 bits per heavy atom. The highest BCUT2D eigenvalue weighted by Gasteiger charge is 2.46. The van der Waals surface area contributed by atoms with E-state index in [1.807, 2.05) is 7.05 Å². The zero-order chi connectivity index (χ0) is 12.8. The number of nitrogens with zero attached hydrogens (tertiary/aromatic N) is 1. The average Bonchev–Trinajstić information content (AvgIpc) is 2.67. The van der Waals surface area contributed by atoms with Crippen LogP contribution in [0.4, 0.5) is 0 Å². The molecule has 0 aromatic carbocycles. The Balaban J connectivity index is 2.39. The molecule has 0 radical (unpaired) electrons. The Bertz CT molecular complexity index is 392. The third-order valence-electron chi connectivity index (χ3n) is 3.20. The van der Waals surface area contributed by atoms with Gasteiger partial charge in [-0.2, -0.15) is 0 Å². The molecule has 4 heteroatoms. The van der Waals surface area contributed by atoms with Crippen molar-refractivity contribution >= 4 is 11.3 Å². The largest absolute Gasteiger partial charge is 0.358 e. The zero-order valence-corrected chi connectivity index (χ0v) is 12.4. The van der Waals surface area contributed by atoms with Gasteiger partial charge in [0.2, 0.25) is 0 Å². The molecule has 1 unspecified atom stereocenters. The average molecular weight is 254 g/mol. The lowest BCUT2D eigenvalue weighted by Gasteiger charge is -2.25. The summed E-state index contributed by atoms with van der Waals surface area (Å²) in [5.41, 5.74) is 0.673. The van der Waals surface area contributed by atoms with Crippen molar-refractivity contribution in [1.82, 2.24) is 10.3 Å². The van der Waals surface area contributed by atoms with Crippen molar-refractivity contribution in [1.29, 1.82) is 0 Å². The van der Waals surface area contributed by atoms with Gasteiger partial charge in [0.05, 0.1) is 21.2 Å². The van der Waals surface area contributed by atoms with Crippen molar-refractivity contribution in [3.8, 4) is 0 Å². The summed E-state index contributed by atoms with van der Waals surface area (Å²) in [4.78, 5) is 6.10. The summed E-state index contributed by atoms with van der Waals surface area (Å²) in [6, 6.07) is 0. The van der Waals surface area contributed by atoms with E-state index in [9.17, 15) is 0 Å². The molecule has 2 heterocycles. The molecule has 0 spiro atoms. The SMILES string of the molecule is CNCC(C)c1nc2c(s1)C(C)(C)OC2(C)C. The maximum atomic E-state index is 6.07. The highest BCUT2D eigenvalue weighted by molar-refractivity contribution is 7.12. The van der Waals surface area contributed by atoms with Crippen LogP contribution in [0.2, 0.25) is 0 Å². The predicted molar refractivity (Wildman–Crippen MR) is 71.6 cm³/mol. The van der Waals surface area contributed by atoms with E-state index in [1.54, 1.807) is 11.3 Å². The molecule has 1 N–H and O–H groups in total. The normalized spacial score (nSPS) is 22.5. The summed E-state index contributed by atoms with van der Waals surface area (Å²) >= 11 is 1.80. The molecule has 0 saturated heterocycles. The van der Waals surface area contributed by atoms with Gasteiger partial charge < -0.3 is 10.1 Å². The molecule has 0 amide bonds. The number of fused-ring (bicyclic) bond motifs is 1. The fourth-order valence-corrected chi connectivity index (χ4v) is 3.80. The minimum absolute atomic E-state index is 0.200. The summed E-state index contributed by atoms with van der Waals surface area (Å²) in [6.07, 6.45) is 0. The number of hydrogen-bond acceptors (Lipinski definition) is 4. The summed E-state index contributed by atoms with van der Waals surface area (Å²) in [6.45, 7) is 11.6. The number of likely N-dealkylation sites (N-methyl/N-ethyl adjacent to an activating group) is 1. The molecule has 1 aromatic rings. The van der Waals surface area contributed by atoms with Crippen LogP contribution < -0.4 is 5.32 Å². The van der Waals surface area contributed by atoms with Crippen LogP contribution in [0.15, 0.2) is 0 Å². The molecule has 0 fully saturated rings. The van der Waals surface area contributed by atoms with Crippen molar-refractivity contribution < 1.29 is 4.74 Å². The fraction of sp³-hybridized carbons (Fsp3) is 0.769. The maximum Gasteiger partial charge on any atom is 0.107 e. The second kappa shape index (κ2) is 4.04. The number of nitrogens with one attached hydrogen (secondary N) is 1. The fourth-order valence-electron chi connectivity index (χ4n) is 2.49. The van der Waals surface area contributed by atoms with Gasteiger partial charge in [0.25, 0.3) is 0 Å². The van der Waals surface area contributed by atoms with Gasteiger partial charge in [0, 0.05) is 12.5 Å². The van der Waals surface area contributed by atoms with Crippen LogP contribution >= 0.6 is 11.3 Å². The second-order valence-electron chi connectivity index (χ2n) is 5.81. The van der Waals surface area contributed by atoms with Crippen molar-refractivity contribution in [3.63, 3.8) is 0 Å². The molecule has 0 saturated carbocycles. The molecule has 0 bridgehead atoms.